The Hall–Kier alpha value is -1.87. The van der Waals surface area contributed by atoms with E-state index in [0.29, 0.717) is 12.0 Å². The fourth-order valence-corrected chi connectivity index (χ4v) is 3.61. The Morgan fingerprint density at radius 1 is 1.00 bits per heavy atom. The molecule has 0 aromatic heterocycles. The summed E-state index contributed by atoms with van der Waals surface area (Å²) in [6.45, 7) is 0.996. The molecule has 0 radical (unpaired) electrons. The van der Waals surface area contributed by atoms with Crippen LogP contribution >= 0.6 is 0 Å². The highest BCUT2D eigenvalue weighted by Gasteiger charge is 2.40. The van der Waals surface area contributed by atoms with Crippen molar-refractivity contribution < 1.29 is 4.39 Å². The average Bonchev–Trinajstić information content (AvgIpc) is 2.97. The molecular formula is C17H17FN2. The largest absolute Gasteiger partial charge is 0.378 e. The number of hydrogen-bond donors (Lipinski definition) is 2. The van der Waals surface area contributed by atoms with Gasteiger partial charge in [0.25, 0.3) is 0 Å². The summed E-state index contributed by atoms with van der Waals surface area (Å²) in [5.41, 5.74) is 3.43. The van der Waals surface area contributed by atoms with Crippen molar-refractivity contribution in [3.05, 3.63) is 65.5 Å². The molecule has 2 aliphatic heterocycles. The van der Waals surface area contributed by atoms with E-state index in [0.717, 1.165) is 24.2 Å². The van der Waals surface area contributed by atoms with Crippen molar-refractivity contribution in [2.24, 2.45) is 5.92 Å². The molecular weight excluding hydrogens is 251 g/mol. The van der Waals surface area contributed by atoms with E-state index < -0.39 is 0 Å². The molecule has 0 bridgehead atoms. The van der Waals surface area contributed by atoms with Crippen LogP contribution in [0.1, 0.15) is 29.6 Å². The summed E-state index contributed by atoms with van der Waals surface area (Å²) in [4.78, 5) is 0. The van der Waals surface area contributed by atoms with Gasteiger partial charge in [0, 0.05) is 17.6 Å². The van der Waals surface area contributed by atoms with Crippen LogP contribution in [0.2, 0.25) is 0 Å². The third-order valence-electron chi connectivity index (χ3n) is 4.52. The lowest BCUT2D eigenvalue weighted by atomic mass is 9.80. The zero-order valence-corrected chi connectivity index (χ0v) is 11.1. The molecule has 4 rings (SSSR count). The highest BCUT2D eigenvalue weighted by atomic mass is 19.1. The van der Waals surface area contributed by atoms with Gasteiger partial charge in [0.1, 0.15) is 5.82 Å². The smallest absolute Gasteiger partial charge is 0.123 e. The first-order valence-corrected chi connectivity index (χ1v) is 7.17. The van der Waals surface area contributed by atoms with E-state index in [-0.39, 0.29) is 11.9 Å². The number of anilines is 1. The minimum Gasteiger partial charge on any atom is -0.378 e. The zero-order chi connectivity index (χ0) is 13.5. The van der Waals surface area contributed by atoms with Crippen LogP contribution < -0.4 is 10.6 Å². The quantitative estimate of drug-likeness (QED) is 0.825. The van der Waals surface area contributed by atoms with Crippen molar-refractivity contribution in [3.63, 3.8) is 0 Å². The SMILES string of the molecule is Fc1ccc2c(c1)[C@H]1NCC[C@@H]1[C@@H](c1ccccc1)N2. The molecule has 20 heavy (non-hydrogen) atoms. The van der Waals surface area contributed by atoms with E-state index in [1.807, 2.05) is 12.1 Å². The third kappa shape index (κ3) is 1.81. The fourth-order valence-electron chi connectivity index (χ4n) is 3.61. The molecule has 3 heteroatoms. The van der Waals surface area contributed by atoms with Gasteiger partial charge >= 0.3 is 0 Å². The Bertz CT molecular complexity index is 626. The molecule has 0 amide bonds. The maximum absolute atomic E-state index is 13.5. The molecule has 2 N–H and O–H groups in total. The zero-order valence-electron chi connectivity index (χ0n) is 11.1. The second kappa shape index (κ2) is 4.60. The molecule has 1 fully saturated rings. The standard InChI is InChI=1S/C17H17FN2/c18-12-6-7-15-14(10-12)17-13(8-9-19-17)16(20-15)11-4-2-1-3-5-11/h1-7,10,13,16-17,19-20H,8-9H2/t13-,16-,17+/m1/s1. The van der Waals surface area contributed by atoms with Gasteiger partial charge in [-0.2, -0.15) is 0 Å². The summed E-state index contributed by atoms with van der Waals surface area (Å²) in [5, 5.41) is 7.14. The van der Waals surface area contributed by atoms with Crippen LogP contribution in [0.3, 0.4) is 0 Å². The van der Waals surface area contributed by atoms with Crippen LogP contribution in [-0.2, 0) is 0 Å². The van der Waals surface area contributed by atoms with Gasteiger partial charge in [-0.1, -0.05) is 30.3 Å². The maximum atomic E-state index is 13.5. The highest BCUT2D eigenvalue weighted by molar-refractivity contribution is 5.58. The van der Waals surface area contributed by atoms with Crippen LogP contribution in [0.5, 0.6) is 0 Å². The predicted octanol–water partition coefficient (Wildman–Crippen LogP) is 3.64. The minimum absolute atomic E-state index is 0.156. The molecule has 0 unspecified atom stereocenters. The molecule has 2 aliphatic rings. The molecule has 3 atom stereocenters. The highest BCUT2D eigenvalue weighted by Crippen LogP contribution is 2.47. The lowest BCUT2D eigenvalue weighted by Gasteiger charge is -2.37. The first kappa shape index (κ1) is 11.9. The lowest BCUT2D eigenvalue weighted by Crippen LogP contribution is -2.32. The molecule has 2 aromatic rings. The average molecular weight is 268 g/mol. The lowest BCUT2D eigenvalue weighted by molar-refractivity contribution is 0.389. The molecule has 2 heterocycles. The normalized spacial score (nSPS) is 27.6. The minimum atomic E-state index is -0.156. The van der Waals surface area contributed by atoms with E-state index in [4.69, 9.17) is 0 Å². The molecule has 0 saturated carbocycles. The van der Waals surface area contributed by atoms with Crippen molar-refractivity contribution in [3.8, 4) is 0 Å². The first-order valence-electron chi connectivity index (χ1n) is 7.17. The van der Waals surface area contributed by atoms with Crippen LogP contribution in [0.15, 0.2) is 48.5 Å². The number of halogens is 1. The molecule has 0 aliphatic carbocycles. The fraction of sp³-hybridized carbons (Fsp3) is 0.294. The summed E-state index contributed by atoms with van der Waals surface area (Å²) >= 11 is 0. The Kier molecular flexibility index (Phi) is 2.74. The van der Waals surface area contributed by atoms with Crippen molar-refractivity contribution in [2.45, 2.75) is 18.5 Å². The summed E-state index contributed by atoms with van der Waals surface area (Å²) < 4.78 is 13.5. The molecule has 0 spiro atoms. The van der Waals surface area contributed by atoms with Crippen molar-refractivity contribution in [2.75, 3.05) is 11.9 Å². The number of nitrogens with one attached hydrogen (secondary N) is 2. The van der Waals surface area contributed by atoms with Crippen LogP contribution in [0.25, 0.3) is 0 Å². The topological polar surface area (TPSA) is 24.1 Å². The van der Waals surface area contributed by atoms with Crippen molar-refractivity contribution >= 4 is 5.69 Å². The summed E-state index contributed by atoms with van der Waals surface area (Å²) in [5.74, 6) is 0.322. The second-order valence-corrected chi connectivity index (χ2v) is 5.65. The number of rotatable bonds is 1. The van der Waals surface area contributed by atoms with Crippen molar-refractivity contribution in [1.29, 1.82) is 0 Å². The second-order valence-electron chi connectivity index (χ2n) is 5.65. The van der Waals surface area contributed by atoms with Crippen LogP contribution in [0.4, 0.5) is 10.1 Å². The maximum Gasteiger partial charge on any atom is 0.123 e. The van der Waals surface area contributed by atoms with Gasteiger partial charge < -0.3 is 10.6 Å². The van der Waals surface area contributed by atoms with Crippen molar-refractivity contribution in [1.82, 2.24) is 5.32 Å². The number of fused-ring (bicyclic) bond motifs is 3. The summed E-state index contributed by atoms with van der Waals surface area (Å²) in [6, 6.07) is 16.1. The summed E-state index contributed by atoms with van der Waals surface area (Å²) in [6.07, 6.45) is 1.12. The van der Waals surface area contributed by atoms with E-state index >= 15 is 0 Å². The first-order chi connectivity index (χ1) is 9.83. The van der Waals surface area contributed by atoms with Gasteiger partial charge in [0.05, 0.1) is 6.04 Å². The third-order valence-corrected chi connectivity index (χ3v) is 4.52. The van der Waals surface area contributed by atoms with E-state index in [2.05, 4.69) is 34.9 Å². The predicted molar refractivity (Wildman–Crippen MR) is 78.1 cm³/mol. The Morgan fingerprint density at radius 2 is 1.85 bits per heavy atom. The van der Waals surface area contributed by atoms with E-state index in [9.17, 15) is 4.39 Å². The van der Waals surface area contributed by atoms with Gasteiger partial charge in [-0.15, -0.1) is 0 Å². The van der Waals surface area contributed by atoms with Gasteiger partial charge in [-0.3, -0.25) is 0 Å². The van der Waals surface area contributed by atoms with Crippen LogP contribution in [-0.4, -0.2) is 6.54 Å². The number of benzene rings is 2. The Morgan fingerprint density at radius 3 is 2.70 bits per heavy atom. The molecule has 102 valence electrons. The van der Waals surface area contributed by atoms with E-state index in [1.165, 1.54) is 11.6 Å². The molecule has 2 nitrogen and oxygen atoms in total. The Balaban J connectivity index is 1.79. The molecule has 2 aromatic carbocycles. The molecule has 1 saturated heterocycles. The Labute approximate surface area is 118 Å². The monoisotopic (exact) mass is 268 g/mol. The van der Waals surface area contributed by atoms with Gasteiger partial charge in [0.2, 0.25) is 0 Å². The van der Waals surface area contributed by atoms with Gasteiger partial charge in [0.15, 0.2) is 0 Å². The number of hydrogen-bond acceptors (Lipinski definition) is 2. The summed E-state index contributed by atoms with van der Waals surface area (Å²) in [7, 11) is 0. The van der Waals surface area contributed by atoms with Gasteiger partial charge in [-0.25, -0.2) is 4.39 Å². The van der Waals surface area contributed by atoms with E-state index in [1.54, 1.807) is 6.07 Å². The van der Waals surface area contributed by atoms with Crippen LogP contribution in [0, 0.1) is 11.7 Å². The van der Waals surface area contributed by atoms with Gasteiger partial charge in [-0.05, 0) is 42.3 Å².